The number of aromatic nitrogens is 1. The fraction of sp³-hybridized carbons (Fsp3) is 0.263. The number of hydrogen-bond donors (Lipinski definition) is 0. The Morgan fingerprint density at radius 2 is 1.91 bits per heavy atom. The highest BCUT2D eigenvalue weighted by Gasteiger charge is 2.20. The standard InChI is InChI=1S/C19H19NO3/c1-4-10-20-15-9-7-6-8-13(15)12(3)16(20)11-14-17(21)18(22)19(14)23-5-2/h6-9,11H,3-5,10H2,1-2H3. The topological polar surface area (TPSA) is 48.3 Å². The van der Waals surface area contributed by atoms with E-state index in [0.717, 1.165) is 34.4 Å². The highest BCUT2D eigenvalue weighted by Crippen LogP contribution is 2.13. The van der Waals surface area contributed by atoms with Crippen LogP contribution in [-0.2, 0) is 6.54 Å². The average molecular weight is 309 g/mol. The summed E-state index contributed by atoms with van der Waals surface area (Å²) in [5.74, 6) is 0.171. The van der Waals surface area contributed by atoms with Crippen LogP contribution >= 0.6 is 0 Å². The minimum absolute atomic E-state index is 0.171. The van der Waals surface area contributed by atoms with Gasteiger partial charge < -0.3 is 9.30 Å². The molecular formula is C19H19NO3. The van der Waals surface area contributed by atoms with E-state index < -0.39 is 10.9 Å². The van der Waals surface area contributed by atoms with Gasteiger partial charge in [-0.3, -0.25) is 9.59 Å². The summed E-state index contributed by atoms with van der Waals surface area (Å²) in [5.41, 5.74) is 0.409. The summed E-state index contributed by atoms with van der Waals surface area (Å²) in [4.78, 5) is 23.5. The average Bonchev–Trinajstić information content (AvgIpc) is 2.84. The monoisotopic (exact) mass is 309 g/mol. The Balaban J connectivity index is 2.32. The molecule has 1 heterocycles. The minimum atomic E-state index is -0.540. The fourth-order valence-electron chi connectivity index (χ4n) is 2.97. The number of nitrogens with zero attached hydrogens (tertiary/aromatic N) is 1. The van der Waals surface area contributed by atoms with Crippen LogP contribution in [0, 0.1) is 0 Å². The van der Waals surface area contributed by atoms with E-state index in [1.807, 2.05) is 24.3 Å². The lowest BCUT2D eigenvalue weighted by atomic mass is 10.1. The van der Waals surface area contributed by atoms with Crippen molar-refractivity contribution in [1.82, 2.24) is 4.57 Å². The van der Waals surface area contributed by atoms with Gasteiger partial charge in [0.1, 0.15) is 0 Å². The number of rotatable bonds is 5. The highest BCUT2D eigenvalue weighted by atomic mass is 16.5. The summed E-state index contributed by atoms with van der Waals surface area (Å²) in [6.07, 6.45) is 2.70. The van der Waals surface area contributed by atoms with Crippen molar-refractivity contribution in [3.8, 4) is 5.75 Å². The molecule has 0 bridgehead atoms. The first-order valence-electron chi connectivity index (χ1n) is 7.84. The SMILES string of the molecule is C=c1c(=Cc2c(OCC)c(=O)c2=O)n(CCC)c2ccccc12. The maximum absolute atomic E-state index is 11.9. The molecule has 2 aromatic carbocycles. The lowest BCUT2D eigenvalue weighted by Crippen LogP contribution is -2.38. The molecule has 3 aromatic rings. The number of benzene rings is 1. The Bertz CT molecular complexity index is 1050. The Morgan fingerprint density at radius 1 is 1.17 bits per heavy atom. The largest absolute Gasteiger partial charge is 0.489 e. The first-order chi connectivity index (χ1) is 11.1. The van der Waals surface area contributed by atoms with Gasteiger partial charge in [-0.05, 0) is 25.5 Å². The molecule has 4 nitrogen and oxygen atoms in total. The van der Waals surface area contributed by atoms with Gasteiger partial charge >= 0.3 is 0 Å². The van der Waals surface area contributed by atoms with Crippen molar-refractivity contribution in [2.45, 2.75) is 26.8 Å². The number of ether oxygens (including phenoxy) is 1. The van der Waals surface area contributed by atoms with E-state index in [1.165, 1.54) is 0 Å². The minimum Gasteiger partial charge on any atom is -0.489 e. The molecule has 0 amide bonds. The maximum Gasteiger partial charge on any atom is 0.268 e. The number of fused-ring (bicyclic) bond motifs is 1. The molecule has 1 aromatic heterocycles. The van der Waals surface area contributed by atoms with Crippen LogP contribution in [0.3, 0.4) is 0 Å². The molecule has 23 heavy (non-hydrogen) atoms. The van der Waals surface area contributed by atoms with Gasteiger partial charge in [-0.1, -0.05) is 31.7 Å². The van der Waals surface area contributed by atoms with Crippen molar-refractivity contribution in [1.29, 1.82) is 0 Å². The molecule has 118 valence electrons. The van der Waals surface area contributed by atoms with Gasteiger partial charge in [0, 0.05) is 28.0 Å². The molecule has 0 saturated heterocycles. The Hall–Kier alpha value is -2.62. The van der Waals surface area contributed by atoms with Crippen LogP contribution in [0.15, 0.2) is 33.9 Å². The lowest BCUT2D eigenvalue weighted by molar-refractivity contribution is 0.332. The third-order valence-electron chi connectivity index (χ3n) is 4.04. The molecular weight excluding hydrogens is 290 g/mol. The lowest BCUT2D eigenvalue weighted by Gasteiger charge is -2.08. The quantitative estimate of drug-likeness (QED) is 0.667. The number of hydrogen-bond acceptors (Lipinski definition) is 3. The molecule has 0 unspecified atom stereocenters. The van der Waals surface area contributed by atoms with Crippen LogP contribution in [0.2, 0.25) is 0 Å². The summed E-state index contributed by atoms with van der Waals surface area (Å²) >= 11 is 0. The second kappa shape index (κ2) is 5.88. The van der Waals surface area contributed by atoms with E-state index in [9.17, 15) is 9.59 Å². The second-order valence-electron chi connectivity index (χ2n) is 5.51. The summed E-state index contributed by atoms with van der Waals surface area (Å²) in [6, 6.07) is 8.02. The predicted molar refractivity (Wildman–Crippen MR) is 93.1 cm³/mol. The molecule has 0 fully saturated rings. The van der Waals surface area contributed by atoms with E-state index >= 15 is 0 Å². The fourth-order valence-corrected chi connectivity index (χ4v) is 2.97. The summed E-state index contributed by atoms with van der Waals surface area (Å²) < 4.78 is 7.45. The summed E-state index contributed by atoms with van der Waals surface area (Å²) in [7, 11) is 0. The van der Waals surface area contributed by atoms with Crippen LogP contribution < -0.4 is 26.2 Å². The zero-order valence-electron chi connectivity index (χ0n) is 13.4. The van der Waals surface area contributed by atoms with Crippen molar-refractivity contribution in [3.63, 3.8) is 0 Å². The van der Waals surface area contributed by atoms with Crippen molar-refractivity contribution in [3.05, 3.63) is 60.8 Å². The van der Waals surface area contributed by atoms with Crippen LogP contribution in [-0.4, -0.2) is 11.2 Å². The van der Waals surface area contributed by atoms with Crippen LogP contribution in [0.1, 0.15) is 25.8 Å². The van der Waals surface area contributed by atoms with Crippen LogP contribution in [0.25, 0.3) is 23.6 Å². The smallest absolute Gasteiger partial charge is 0.268 e. The van der Waals surface area contributed by atoms with E-state index in [0.29, 0.717) is 12.2 Å². The Labute approximate surface area is 133 Å². The van der Waals surface area contributed by atoms with Crippen molar-refractivity contribution in [2.75, 3.05) is 6.61 Å². The molecule has 3 rings (SSSR count). The molecule has 0 spiro atoms. The maximum atomic E-state index is 11.9. The Morgan fingerprint density at radius 3 is 2.61 bits per heavy atom. The molecule has 0 aliphatic carbocycles. The van der Waals surface area contributed by atoms with Gasteiger partial charge in [-0.2, -0.15) is 0 Å². The second-order valence-corrected chi connectivity index (χ2v) is 5.51. The van der Waals surface area contributed by atoms with Gasteiger partial charge in [-0.25, -0.2) is 0 Å². The third-order valence-corrected chi connectivity index (χ3v) is 4.04. The zero-order valence-corrected chi connectivity index (χ0v) is 13.4. The van der Waals surface area contributed by atoms with E-state index in [-0.39, 0.29) is 5.75 Å². The van der Waals surface area contributed by atoms with Crippen molar-refractivity contribution in [2.24, 2.45) is 0 Å². The molecule has 0 aliphatic rings. The highest BCUT2D eigenvalue weighted by molar-refractivity contribution is 5.82. The van der Waals surface area contributed by atoms with Gasteiger partial charge in [-0.15, -0.1) is 0 Å². The Kier molecular flexibility index (Phi) is 3.90. The molecule has 0 N–H and O–H groups in total. The zero-order chi connectivity index (χ0) is 16.6. The van der Waals surface area contributed by atoms with E-state index in [1.54, 1.807) is 13.0 Å². The molecule has 0 saturated carbocycles. The van der Waals surface area contributed by atoms with Gasteiger partial charge in [0.15, 0.2) is 5.75 Å². The van der Waals surface area contributed by atoms with Gasteiger partial charge in [0.05, 0.1) is 12.2 Å². The summed E-state index contributed by atoms with van der Waals surface area (Å²) in [5, 5.41) is 2.79. The predicted octanol–water partition coefficient (Wildman–Crippen LogP) is 1.29. The molecule has 4 heteroatoms. The molecule has 0 aliphatic heterocycles. The third kappa shape index (κ3) is 2.31. The molecule has 0 atom stereocenters. The van der Waals surface area contributed by atoms with Crippen LogP contribution in [0.5, 0.6) is 5.75 Å². The number of para-hydroxylation sites is 1. The summed E-state index contributed by atoms with van der Waals surface area (Å²) in [6.45, 7) is 9.24. The molecule has 0 radical (unpaired) electrons. The van der Waals surface area contributed by atoms with Crippen molar-refractivity contribution < 1.29 is 4.74 Å². The first-order valence-corrected chi connectivity index (χ1v) is 7.84. The normalized spacial score (nSPS) is 12.3. The van der Waals surface area contributed by atoms with Gasteiger partial charge in [0.2, 0.25) is 5.43 Å². The van der Waals surface area contributed by atoms with E-state index in [2.05, 4.69) is 18.1 Å². The first kappa shape index (κ1) is 15.3. The van der Waals surface area contributed by atoms with E-state index in [4.69, 9.17) is 4.74 Å². The van der Waals surface area contributed by atoms with Crippen molar-refractivity contribution >= 4 is 23.6 Å². The van der Waals surface area contributed by atoms with Crippen LogP contribution in [0.4, 0.5) is 0 Å². The number of aryl methyl sites for hydroxylation is 1. The van der Waals surface area contributed by atoms with Gasteiger partial charge in [0.25, 0.3) is 5.43 Å².